The summed E-state index contributed by atoms with van der Waals surface area (Å²) in [6.45, 7) is 8.34. The molecule has 2 aliphatic rings. The van der Waals surface area contributed by atoms with E-state index in [-0.39, 0.29) is 23.4 Å². The molecule has 1 amide bonds. The molecule has 0 spiro atoms. The molecule has 1 unspecified atom stereocenters. The molecule has 11 heteroatoms. The van der Waals surface area contributed by atoms with Crippen molar-refractivity contribution in [2.24, 2.45) is 13.0 Å². The number of hydrogen-bond acceptors (Lipinski definition) is 9. The summed E-state index contributed by atoms with van der Waals surface area (Å²) in [6, 6.07) is 2.02. The predicted octanol–water partition coefficient (Wildman–Crippen LogP) is 2.97. The number of esters is 1. The number of piperidine rings is 1. The monoisotopic (exact) mass is 532 g/mol. The van der Waals surface area contributed by atoms with Crippen LogP contribution >= 0.6 is 24.0 Å². The quantitative estimate of drug-likeness (QED) is 0.205. The van der Waals surface area contributed by atoms with Gasteiger partial charge in [-0.15, -0.1) is 0 Å². The van der Waals surface area contributed by atoms with E-state index in [1.165, 1.54) is 16.3 Å². The Hall–Kier alpha value is -2.68. The first-order valence-corrected chi connectivity index (χ1v) is 13.4. The third-order valence-electron chi connectivity index (χ3n) is 6.33. The van der Waals surface area contributed by atoms with E-state index in [1.807, 2.05) is 17.9 Å². The largest absolute Gasteiger partial charge is 0.466 e. The Bertz CT molecular complexity index is 1170. The molecule has 1 aromatic rings. The van der Waals surface area contributed by atoms with Gasteiger partial charge in [-0.1, -0.05) is 24.0 Å². The number of nitrogens with zero attached hydrogens (tertiary/aromatic N) is 4. The molecular weight excluding hydrogens is 500 g/mol. The first kappa shape index (κ1) is 27.9. The second-order valence-electron chi connectivity index (χ2n) is 8.63. The van der Waals surface area contributed by atoms with Gasteiger partial charge in [0.25, 0.3) is 11.5 Å². The smallest absolute Gasteiger partial charge is 0.310 e. The van der Waals surface area contributed by atoms with Crippen molar-refractivity contribution in [1.29, 1.82) is 5.26 Å². The van der Waals surface area contributed by atoms with E-state index in [0.717, 1.165) is 6.42 Å². The van der Waals surface area contributed by atoms with E-state index in [4.69, 9.17) is 21.7 Å². The minimum atomic E-state index is -0.413. The summed E-state index contributed by atoms with van der Waals surface area (Å²) in [5, 5.41) is 9.69. The van der Waals surface area contributed by atoms with Crippen LogP contribution in [0, 0.1) is 24.2 Å². The van der Waals surface area contributed by atoms with Gasteiger partial charge >= 0.3 is 5.97 Å². The molecule has 0 N–H and O–H groups in total. The Balaban J connectivity index is 2.02. The van der Waals surface area contributed by atoms with E-state index in [2.05, 4.69) is 0 Å². The van der Waals surface area contributed by atoms with Crippen LogP contribution in [-0.2, 0) is 26.1 Å². The number of thiocarbonyl (C=S) groups is 1. The molecule has 0 aromatic carbocycles. The normalized spacial score (nSPS) is 19.2. The molecule has 1 atom stereocenters. The van der Waals surface area contributed by atoms with E-state index in [1.54, 1.807) is 31.9 Å². The molecule has 0 aliphatic carbocycles. The SMILES string of the molecule is CCOCCCN1C(=O)/C(=C/c2c(C)c(C#N)c(=O)n(C)c2N2CCCC(C(=O)OCC)C2)SC1=S. The number of rotatable bonds is 9. The van der Waals surface area contributed by atoms with Crippen molar-refractivity contribution in [3.05, 3.63) is 31.9 Å². The fraction of sp³-hybridized carbons (Fsp3) is 0.560. The number of ether oxygens (including phenoxy) is 2. The number of anilines is 1. The van der Waals surface area contributed by atoms with Crippen LogP contribution in [0.4, 0.5) is 5.82 Å². The first-order chi connectivity index (χ1) is 17.2. The average molecular weight is 533 g/mol. The van der Waals surface area contributed by atoms with Crippen LogP contribution in [0.25, 0.3) is 6.08 Å². The molecule has 2 aliphatic heterocycles. The van der Waals surface area contributed by atoms with Crippen molar-refractivity contribution in [3.63, 3.8) is 0 Å². The van der Waals surface area contributed by atoms with Crippen molar-refractivity contribution in [3.8, 4) is 6.07 Å². The predicted molar refractivity (Wildman–Crippen MR) is 144 cm³/mol. The Morgan fingerprint density at radius 1 is 1.31 bits per heavy atom. The highest BCUT2D eigenvalue weighted by Crippen LogP contribution is 2.36. The maximum atomic E-state index is 13.2. The first-order valence-electron chi connectivity index (χ1n) is 12.1. The number of pyridine rings is 1. The maximum Gasteiger partial charge on any atom is 0.310 e. The van der Waals surface area contributed by atoms with Crippen molar-refractivity contribution in [2.45, 2.75) is 40.0 Å². The van der Waals surface area contributed by atoms with Gasteiger partial charge in [0, 0.05) is 45.5 Å². The minimum Gasteiger partial charge on any atom is -0.466 e. The third-order valence-corrected chi connectivity index (χ3v) is 7.71. The zero-order valence-corrected chi connectivity index (χ0v) is 22.8. The Morgan fingerprint density at radius 3 is 2.72 bits per heavy atom. The van der Waals surface area contributed by atoms with Gasteiger partial charge in [-0.3, -0.25) is 23.9 Å². The number of aromatic nitrogens is 1. The standard InChI is InChI=1S/C25H32N4O5S2/c1-5-33-12-8-11-29-23(31)20(36-25(29)35)13-18-16(3)19(14-26)22(30)27(4)21(18)28-10-7-9-17(15-28)24(32)34-6-2/h13,17H,5-12,15H2,1-4H3/b20-13-. The number of amides is 1. The zero-order valence-electron chi connectivity index (χ0n) is 21.2. The van der Waals surface area contributed by atoms with Crippen LogP contribution in [0.5, 0.6) is 0 Å². The lowest BCUT2D eigenvalue weighted by molar-refractivity contribution is -0.148. The highest BCUT2D eigenvalue weighted by atomic mass is 32.2. The van der Waals surface area contributed by atoms with Crippen molar-refractivity contribution in [2.75, 3.05) is 44.4 Å². The fourth-order valence-corrected chi connectivity index (χ4v) is 5.80. The summed E-state index contributed by atoms with van der Waals surface area (Å²) in [7, 11) is 1.61. The lowest BCUT2D eigenvalue weighted by Crippen LogP contribution is -2.42. The molecule has 2 saturated heterocycles. The topological polar surface area (TPSA) is 105 Å². The lowest BCUT2D eigenvalue weighted by atomic mass is 9.96. The molecule has 0 radical (unpaired) electrons. The molecular formula is C25H32N4O5S2. The van der Waals surface area contributed by atoms with Gasteiger partial charge in [0.2, 0.25) is 0 Å². The van der Waals surface area contributed by atoms with E-state index < -0.39 is 5.56 Å². The van der Waals surface area contributed by atoms with Gasteiger partial charge < -0.3 is 14.4 Å². The Morgan fingerprint density at radius 2 is 2.06 bits per heavy atom. The second kappa shape index (κ2) is 12.5. The van der Waals surface area contributed by atoms with Gasteiger partial charge in [-0.2, -0.15) is 5.26 Å². The molecule has 2 fully saturated rings. The van der Waals surface area contributed by atoms with E-state index in [0.29, 0.717) is 78.5 Å². The van der Waals surface area contributed by atoms with Gasteiger partial charge in [0.15, 0.2) is 0 Å². The van der Waals surface area contributed by atoms with Crippen molar-refractivity contribution < 1.29 is 19.1 Å². The highest BCUT2D eigenvalue weighted by Gasteiger charge is 2.34. The molecule has 36 heavy (non-hydrogen) atoms. The molecule has 0 saturated carbocycles. The van der Waals surface area contributed by atoms with E-state index >= 15 is 0 Å². The highest BCUT2D eigenvalue weighted by molar-refractivity contribution is 8.26. The summed E-state index contributed by atoms with van der Waals surface area (Å²) in [4.78, 5) is 42.6. The van der Waals surface area contributed by atoms with Crippen molar-refractivity contribution in [1.82, 2.24) is 9.47 Å². The maximum absolute atomic E-state index is 13.2. The number of carbonyl (C=O) groups is 2. The molecule has 0 bridgehead atoms. The molecule has 3 rings (SSSR count). The molecule has 3 heterocycles. The minimum absolute atomic E-state index is 0.0265. The Labute approximate surface area is 221 Å². The molecule has 194 valence electrons. The van der Waals surface area contributed by atoms with Gasteiger partial charge in [0.1, 0.15) is 21.8 Å². The number of carbonyl (C=O) groups excluding carboxylic acids is 2. The second-order valence-corrected chi connectivity index (χ2v) is 10.3. The fourth-order valence-electron chi connectivity index (χ4n) is 4.51. The molecule has 1 aromatic heterocycles. The third kappa shape index (κ3) is 5.82. The van der Waals surface area contributed by atoms with Crippen LogP contribution in [0.2, 0.25) is 0 Å². The summed E-state index contributed by atoms with van der Waals surface area (Å²) in [5.74, 6) is -0.206. The summed E-state index contributed by atoms with van der Waals surface area (Å²) >= 11 is 6.67. The number of thioether (sulfide) groups is 1. The average Bonchev–Trinajstić information content (AvgIpc) is 3.13. The summed E-state index contributed by atoms with van der Waals surface area (Å²) in [5.41, 5.74) is 0.714. The van der Waals surface area contributed by atoms with E-state index in [9.17, 15) is 19.6 Å². The lowest BCUT2D eigenvalue weighted by Gasteiger charge is -2.35. The van der Waals surface area contributed by atoms with Gasteiger partial charge in [-0.05, 0) is 51.7 Å². The summed E-state index contributed by atoms with van der Waals surface area (Å²) in [6.07, 6.45) is 3.84. The van der Waals surface area contributed by atoms with Crippen LogP contribution in [0.3, 0.4) is 0 Å². The Kier molecular flexibility index (Phi) is 9.70. The van der Waals surface area contributed by atoms with Gasteiger partial charge in [0.05, 0.1) is 17.4 Å². The zero-order chi connectivity index (χ0) is 26.4. The summed E-state index contributed by atoms with van der Waals surface area (Å²) < 4.78 is 12.5. The number of nitriles is 1. The van der Waals surface area contributed by atoms with Crippen LogP contribution in [-0.4, -0.2) is 65.1 Å². The van der Waals surface area contributed by atoms with Crippen LogP contribution < -0.4 is 10.5 Å². The molecule has 9 nitrogen and oxygen atoms in total. The van der Waals surface area contributed by atoms with Crippen molar-refractivity contribution >= 4 is 52.1 Å². The van der Waals surface area contributed by atoms with Crippen LogP contribution in [0.1, 0.15) is 49.8 Å². The van der Waals surface area contributed by atoms with Crippen LogP contribution in [0.15, 0.2) is 9.70 Å². The number of hydrogen-bond donors (Lipinski definition) is 0. The van der Waals surface area contributed by atoms with Gasteiger partial charge in [-0.25, -0.2) is 0 Å².